The van der Waals surface area contributed by atoms with Crippen molar-refractivity contribution in [3.8, 4) is 5.75 Å². The van der Waals surface area contributed by atoms with Gasteiger partial charge in [0.15, 0.2) is 0 Å². The van der Waals surface area contributed by atoms with Crippen LogP contribution in [0, 0.1) is 0 Å². The minimum absolute atomic E-state index is 0.315. The summed E-state index contributed by atoms with van der Waals surface area (Å²) < 4.78 is 23.6. The lowest BCUT2D eigenvalue weighted by molar-refractivity contribution is -0.104. The highest BCUT2D eigenvalue weighted by Gasteiger charge is 2.47. The summed E-state index contributed by atoms with van der Waals surface area (Å²) in [4.78, 5) is 0. The van der Waals surface area contributed by atoms with Crippen molar-refractivity contribution in [2.24, 2.45) is 0 Å². The zero-order valence-corrected chi connectivity index (χ0v) is 18.0. The maximum Gasteiger partial charge on any atom is 0.125 e. The average Bonchev–Trinajstić information content (AvgIpc) is 2.93. The Morgan fingerprint density at radius 1 is 1.18 bits per heavy atom. The third-order valence-electron chi connectivity index (χ3n) is 4.77. The van der Waals surface area contributed by atoms with Crippen LogP contribution >= 0.6 is 12.6 Å². The number of aliphatic hydroxyl groups excluding tert-OH is 1. The van der Waals surface area contributed by atoms with E-state index < -0.39 is 24.4 Å². The van der Waals surface area contributed by atoms with Crippen LogP contribution in [0.3, 0.4) is 0 Å². The molecule has 0 radical (unpaired) electrons. The third kappa shape index (κ3) is 4.81. The summed E-state index contributed by atoms with van der Waals surface area (Å²) in [7, 11) is 1.62. The molecule has 1 N–H and O–H groups in total. The highest BCUT2D eigenvalue weighted by Crippen LogP contribution is 2.41. The monoisotopic (exact) mass is 406 g/mol. The second-order valence-corrected chi connectivity index (χ2v) is 8.88. The molecule has 6 heteroatoms. The van der Waals surface area contributed by atoms with E-state index in [9.17, 15) is 5.11 Å². The van der Waals surface area contributed by atoms with E-state index in [1.54, 1.807) is 7.11 Å². The van der Waals surface area contributed by atoms with Crippen molar-refractivity contribution in [2.45, 2.75) is 63.1 Å². The van der Waals surface area contributed by atoms with Crippen molar-refractivity contribution in [1.29, 1.82) is 0 Å². The van der Waals surface area contributed by atoms with Gasteiger partial charge in [0.2, 0.25) is 0 Å². The standard InChI is InChI=1S/C22H30O5S/c1-13(28)26-21-18(12-25-22(2,3)4)27-20(19(21)23)16-10-14-8-6-7-9-15(14)11-17(16)24-5/h6-11,13,18-21,23,28H,12H2,1-5H3/t13?,18-,19?,20+,21?/m1/s1. The molecule has 5 nitrogen and oxygen atoms in total. The summed E-state index contributed by atoms with van der Waals surface area (Å²) in [5.41, 5.74) is 0.148. The van der Waals surface area contributed by atoms with Gasteiger partial charge in [-0.05, 0) is 50.6 Å². The fourth-order valence-electron chi connectivity index (χ4n) is 3.49. The Kier molecular flexibility index (Phi) is 6.57. The predicted molar refractivity (Wildman–Crippen MR) is 113 cm³/mol. The lowest BCUT2D eigenvalue weighted by Gasteiger charge is -2.26. The summed E-state index contributed by atoms with van der Waals surface area (Å²) in [5.74, 6) is 0.679. The first-order valence-electron chi connectivity index (χ1n) is 9.57. The second kappa shape index (κ2) is 8.59. The molecule has 0 spiro atoms. The van der Waals surface area contributed by atoms with Crippen molar-refractivity contribution in [2.75, 3.05) is 13.7 Å². The molecule has 0 bridgehead atoms. The van der Waals surface area contributed by atoms with Gasteiger partial charge in [-0.2, -0.15) is 0 Å². The SMILES string of the molecule is COc1cc2ccccc2cc1[C@@H]1O[C@H](COC(C)(C)C)C(OC(C)S)C1O. The van der Waals surface area contributed by atoms with Crippen LogP contribution in [0.2, 0.25) is 0 Å². The minimum Gasteiger partial charge on any atom is -0.496 e. The number of rotatable bonds is 6. The zero-order valence-electron chi connectivity index (χ0n) is 17.1. The molecular weight excluding hydrogens is 376 g/mol. The molecule has 154 valence electrons. The highest BCUT2D eigenvalue weighted by atomic mass is 32.1. The fourth-order valence-corrected chi connectivity index (χ4v) is 3.63. The summed E-state index contributed by atoms with van der Waals surface area (Å²) in [5, 5.41) is 13.2. The number of hydrogen-bond acceptors (Lipinski definition) is 6. The predicted octanol–water partition coefficient (Wildman–Crippen LogP) is 4.13. The van der Waals surface area contributed by atoms with Gasteiger partial charge >= 0.3 is 0 Å². The van der Waals surface area contributed by atoms with Crippen molar-refractivity contribution in [1.82, 2.24) is 0 Å². The average molecular weight is 407 g/mol. The Labute approximate surface area is 172 Å². The highest BCUT2D eigenvalue weighted by molar-refractivity contribution is 7.80. The second-order valence-electron chi connectivity index (χ2n) is 8.15. The minimum atomic E-state index is -0.863. The topological polar surface area (TPSA) is 57.2 Å². The van der Waals surface area contributed by atoms with E-state index in [0.29, 0.717) is 12.4 Å². The smallest absolute Gasteiger partial charge is 0.125 e. The van der Waals surface area contributed by atoms with Crippen molar-refractivity contribution >= 4 is 23.4 Å². The van der Waals surface area contributed by atoms with Gasteiger partial charge in [-0.3, -0.25) is 0 Å². The molecule has 2 aromatic rings. The first-order valence-corrected chi connectivity index (χ1v) is 10.1. The first-order chi connectivity index (χ1) is 13.2. The molecule has 3 rings (SSSR count). The molecule has 0 amide bonds. The van der Waals surface area contributed by atoms with Gasteiger partial charge < -0.3 is 24.1 Å². The van der Waals surface area contributed by atoms with E-state index in [0.717, 1.165) is 16.3 Å². The fraction of sp³-hybridized carbons (Fsp3) is 0.545. The lowest BCUT2D eigenvalue weighted by Crippen LogP contribution is -2.39. The van der Waals surface area contributed by atoms with Crippen LogP contribution in [0.5, 0.6) is 5.75 Å². The Bertz CT molecular complexity index is 801. The van der Waals surface area contributed by atoms with Crippen molar-refractivity contribution in [3.63, 3.8) is 0 Å². The summed E-state index contributed by atoms with van der Waals surface area (Å²) in [6, 6.07) is 12.0. The van der Waals surface area contributed by atoms with E-state index in [4.69, 9.17) is 18.9 Å². The number of hydrogen-bond donors (Lipinski definition) is 2. The van der Waals surface area contributed by atoms with Gasteiger partial charge in [0.05, 0.1) is 24.8 Å². The Hall–Kier alpha value is -1.31. The molecule has 1 saturated heterocycles. The van der Waals surface area contributed by atoms with Gasteiger partial charge in [0.1, 0.15) is 30.2 Å². The van der Waals surface area contributed by atoms with Gasteiger partial charge in [0.25, 0.3) is 0 Å². The molecule has 1 aliphatic rings. The normalized spacial score (nSPS) is 26.5. The van der Waals surface area contributed by atoms with Crippen LogP contribution < -0.4 is 4.74 Å². The number of thiol groups is 1. The van der Waals surface area contributed by atoms with Crippen LogP contribution in [0.15, 0.2) is 36.4 Å². The largest absolute Gasteiger partial charge is 0.496 e. The van der Waals surface area contributed by atoms with Gasteiger partial charge in [-0.25, -0.2) is 0 Å². The van der Waals surface area contributed by atoms with Crippen molar-refractivity contribution < 1.29 is 24.1 Å². The molecular formula is C22H30O5S. The number of aliphatic hydroxyl groups is 1. The van der Waals surface area contributed by atoms with Crippen LogP contribution in [-0.2, 0) is 14.2 Å². The molecule has 0 aromatic heterocycles. The Morgan fingerprint density at radius 2 is 1.82 bits per heavy atom. The first kappa shape index (κ1) is 21.4. The van der Waals surface area contributed by atoms with Gasteiger partial charge in [0, 0.05) is 5.56 Å². The van der Waals surface area contributed by atoms with Crippen LogP contribution in [0.25, 0.3) is 10.8 Å². The molecule has 1 aliphatic heterocycles. The van der Waals surface area contributed by atoms with Crippen LogP contribution in [0.1, 0.15) is 39.4 Å². The Balaban J connectivity index is 1.93. The quantitative estimate of drug-likeness (QED) is 0.558. The summed E-state index contributed by atoms with van der Waals surface area (Å²) in [6.07, 6.45) is -2.40. The molecule has 1 heterocycles. The molecule has 0 saturated carbocycles. The maximum absolute atomic E-state index is 11.0. The van der Waals surface area contributed by atoms with Crippen LogP contribution in [-0.4, -0.2) is 48.2 Å². The van der Waals surface area contributed by atoms with E-state index in [2.05, 4.69) is 12.6 Å². The van der Waals surface area contributed by atoms with E-state index >= 15 is 0 Å². The van der Waals surface area contributed by atoms with Crippen LogP contribution in [0.4, 0.5) is 0 Å². The molecule has 0 aliphatic carbocycles. The molecule has 2 aromatic carbocycles. The number of fused-ring (bicyclic) bond motifs is 1. The van der Waals surface area contributed by atoms with E-state index in [1.165, 1.54) is 0 Å². The molecule has 5 atom stereocenters. The molecule has 28 heavy (non-hydrogen) atoms. The lowest BCUT2D eigenvalue weighted by atomic mass is 9.97. The molecule has 1 fully saturated rings. The molecule has 3 unspecified atom stereocenters. The number of ether oxygens (including phenoxy) is 4. The van der Waals surface area contributed by atoms with E-state index in [1.807, 2.05) is 64.1 Å². The van der Waals surface area contributed by atoms with Gasteiger partial charge in [-0.15, -0.1) is 12.6 Å². The maximum atomic E-state index is 11.0. The Morgan fingerprint density at radius 3 is 2.39 bits per heavy atom. The van der Waals surface area contributed by atoms with Gasteiger partial charge in [-0.1, -0.05) is 24.3 Å². The van der Waals surface area contributed by atoms with E-state index in [-0.39, 0.29) is 11.0 Å². The summed E-state index contributed by atoms with van der Waals surface area (Å²) >= 11 is 4.33. The van der Waals surface area contributed by atoms with Crippen molar-refractivity contribution in [3.05, 3.63) is 42.0 Å². The zero-order chi connectivity index (χ0) is 20.5. The third-order valence-corrected chi connectivity index (χ3v) is 4.90. The summed E-state index contributed by atoms with van der Waals surface area (Å²) in [6.45, 7) is 8.09. The number of benzene rings is 2. The number of methoxy groups -OCH3 is 1.